The molecular weight excluding hydrogens is 466 g/mol. The van der Waals surface area contributed by atoms with Crippen LogP contribution in [0.3, 0.4) is 0 Å². The fraction of sp³-hybridized carbons (Fsp3) is 0.269. The van der Waals surface area contributed by atoms with Crippen molar-refractivity contribution in [3.8, 4) is 5.75 Å². The van der Waals surface area contributed by atoms with Crippen molar-refractivity contribution in [3.63, 3.8) is 0 Å². The van der Waals surface area contributed by atoms with Crippen molar-refractivity contribution >= 4 is 28.9 Å². The molecule has 5 rings (SSSR count). The predicted molar refractivity (Wildman–Crippen MR) is 132 cm³/mol. The number of benzene rings is 2. The van der Waals surface area contributed by atoms with Crippen molar-refractivity contribution in [1.82, 2.24) is 4.57 Å². The van der Waals surface area contributed by atoms with Crippen LogP contribution < -0.4 is 19.6 Å². The summed E-state index contributed by atoms with van der Waals surface area (Å²) < 4.78 is 7.33. The number of Topliss-reactive ketones (excluding diaryl/α,β-unsaturated/α-hetero) is 1. The smallest absolute Gasteiger partial charge is 0.271 e. The van der Waals surface area contributed by atoms with Gasteiger partial charge in [-0.1, -0.05) is 37.3 Å². The molecule has 9 heteroatoms. The van der Waals surface area contributed by atoms with Gasteiger partial charge < -0.3 is 4.74 Å². The van der Waals surface area contributed by atoms with Gasteiger partial charge >= 0.3 is 0 Å². The summed E-state index contributed by atoms with van der Waals surface area (Å²) in [4.78, 5) is 42.8. The van der Waals surface area contributed by atoms with Gasteiger partial charge in [-0.05, 0) is 53.3 Å². The number of hydrogen-bond donors (Lipinski definition) is 0. The number of non-ortho nitro benzene ring substituents is 1. The van der Waals surface area contributed by atoms with Crippen molar-refractivity contribution in [2.75, 3.05) is 7.11 Å². The van der Waals surface area contributed by atoms with Crippen LogP contribution in [-0.2, 0) is 4.79 Å². The maximum Gasteiger partial charge on any atom is 0.271 e. The third kappa shape index (κ3) is 4.12. The quantitative estimate of drug-likeness (QED) is 0.412. The number of nitrogens with zero attached hydrogens (tertiary/aromatic N) is 3. The fourth-order valence-corrected chi connectivity index (χ4v) is 5.71. The van der Waals surface area contributed by atoms with E-state index in [1.807, 2.05) is 24.3 Å². The molecule has 2 aliphatic rings. The molecule has 0 saturated carbocycles. The Labute approximate surface area is 204 Å². The molecule has 8 nitrogen and oxygen atoms in total. The molecule has 35 heavy (non-hydrogen) atoms. The molecule has 0 bridgehead atoms. The molecule has 1 aliphatic heterocycles. The standard InChI is InChI=1S/C26H23N3O5S/c1-26(2)13-19-22(20(30)14-26)23(16-6-10-18(34-3)11-7-16)28-24(31)21(35-25(28)27-19)12-15-4-8-17(9-5-15)29(32)33/h4-12,23H,13-14H2,1-3H3. The maximum absolute atomic E-state index is 13.6. The van der Waals surface area contributed by atoms with E-state index in [1.54, 1.807) is 29.9 Å². The third-order valence-electron chi connectivity index (χ3n) is 6.33. The summed E-state index contributed by atoms with van der Waals surface area (Å²) >= 11 is 1.25. The maximum atomic E-state index is 13.6. The van der Waals surface area contributed by atoms with Gasteiger partial charge in [-0.2, -0.15) is 0 Å². The summed E-state index contributed by atoms with van der Waals surface area (Å²) in [5.41, 5.74) is 2.30. The van der Waals surface area contributed by atoms with Gasteiger partial charge in [-0.15, -0.1) is 0 Å². The normalized spacial score (nSPS) is 19.1. The predicted octanol–water partition coefficient (Wildman–Crippen LogP) is 3.52. The van der Waals surface area contributed by atoms with Crippen LogP contribution >= 0.6 is 11.3 Å². The molecular formula is C26H23N3O5S. The Morgan fingerprint density at radius 1 is 1.11 bits per heavy atom. The molecule has 178 valence electrons. The molecule has 0 fully saturated rings. The number of aromatic nitrogens is 1. The minimum absolute atomic E-state index is 0.00506. The zero-order chi connectivity index (χ0) is 24.9. The number of rotatable bonds is 4. The van der Waals surface area contributed by atoms with Crippen molar-refractivity contribution < 1.29 is 14.5 Å². The summed E-state index contributed by atoms with van der Waals surface area (Å²) in [5.74, 6) is 0.690. The minimum atomic E-state index is -0.574. The highest BCUT2D eigenvalue weighted by Gasteiger charge is 2.40. The molecule has 2 heterocycles. The monoisotopic (exact) mass is 489 g/mol. The van der Waals surface area contributed by atoms with Crippen LogP contribution in [0.5, 0.6) is 5.75 Å². The van der Waals surface area contributed by atoms with E-state index in [4.69, 9.17) is 9.73 Å². The summed E-state index contributed by atoms with van der Waals surface area (Å²) in [6.07, 6.45) is 2.74. The SMILES string of the molecule is COc1ccc(C2C3=C(CC(C)(C)CC3=O)N=c3sc(=Cc4ccc([N+](=O)[O-])cc4)c(=O)n32)cc1. The van der Waals surface area contributed by atoms with E-state index in [-0.39, 0.29) is 22.4 Å². The van der Waals surface area contributed by atoms with Gasteiger partial charge in [-0.3, -0.25) is 24.3 Å². The van der Waals surface area contributed by atoms with Crippen LogP contribution in [0, 0.1) is 15.5 Å². The first kappa shape index (κ1) is 22.9. The average molecular weight is 490 g/mol. The van der Waals surface area contributed by atoms with Crippen LogP contribution in [-0.4, -0.2) is 22.4 Å². The Balaban J connectivity index is 1.71. The number of fused-ring (bicyclic) bond motifs is 1. The van der Waals surface area contributed by atoms with Crippen molar-refractivity contribution in [1.29, 1.82) is 0 Å². The van der Waals surface area contributed by atoms with Gasteiger partial charge in [0.25, 0.3) is 11.2 Å². The number of ketones is 1. The molecule has 1 unspecified atom stereocenters. The molecule has 3 aromatic rings. The van der Waals surface area contributed by atoms with Crippen molar-refractivity contribution in [2.24, 2.45) is 10.4 Å². The number of allylic oxidation sites excluding steroid dienone is 2. The molecule has 1 atom stereocenters. The van der Waals surface area contributed by atoms with E-state index in [9.17, 15) is 19.7 Å². The Morgan fingerprint density at radius 2 is 1.80 bits per heavy atom. The van der Waals surface area contributed by atoms with Gasteiger partial charge in [0.2, 0.25) is 0 Å². The minimum Gasteiger partial charge on any atom is -0.497 e. The number of nitro groups is 1. The van der Waals surface area contributed by atoms with E-state index >= 15 is 0 Å². The molecule has 1 aromatic heterocycles. The Hall–Kier alpha value is -3.85. The largest absolute Gasteiger partial charge is 0.497 e. The van der Waals surface area contributed by atoms with E-state index in [2.05, 4.69) is 13.8 Å². The van der Waals surface area contributed by atoms with Crippen LogP contribution in [0.15, 0.2) is 69.6 Å². The second-order valence-electron chi connectivity index (χ2n) is 9.51. The Morgan fingerprint density at radius 3 is 2.43 bits per heavy atom. The Kier molecular flexibility index (Phi) is 5.52. The Bertz CT molecular complexity index is 1560. The average Bonchev–Trinajstić information content (AvgIpc) is 3.12. The van der Waals surface area contributed by atoms with Gasteiger partial charge in [0, 0.05) is 24.1 Å². The van der Waals surface area contributed by atoms with Gasteiger partial charge in [0.15, 0.2) is 10.6 Å². The molecule has 0 radical (unpaired) electrons. The van der Waals surface area contributed by atoms with Crippen LogP contribution in [0.2, 0.25) is 0 Å². The number of carbonyl (C=O) groups is 1. The van der Waals surface area contributed by atoms with E-state index in [1.165, 1.54) is 23.5 Å². The third-order valence-corrected chi connectivity index (χ3v) is 7.31. The number of carbonyl (C=O) groups excluding carboxylic acids is 1. The van der Waals surface area contributed by atoms with E-state index in [0.29, 0.717) is 39.1 Å². The summed E-state index contributed by atoms with van der Waals surface area (Å²) in [7, 11) is 1.59. The molecule has 2 aromatic carbocycles. The zero-order valence-corrected chi connectivity index (χ0v) is 20.3. The number of thiazole rings is 1. The van der Waals surface area contributed by atoms with Gasteiger partial charge in [-0.25, -0.2) is 4.99 Å². The van der Waals surface area contributed by atoms with Crippen LogP contribution in [0.1, 0.15) is 43.9 Å². The van der Waals surface area contributed by atoms with Gasteiger partial charge in [0.1, 0.15) is 5.75 Å². The highest BCUT2D eigenvalue weighted by atomic mass is 32.1. The fourth-order valence-electron chi connectivity index (χ4n) is 4.69. The van der Waals surface area contributed by atoms with Gasteiger partial charge in [0.05, 0.1) is 28.3 Å². The zero-order valence-electron chi connectivity index (χ0n) is 19.5. The first-order valence-corrected chi connectivity index (χ1v) is 11.9. The first-order valence-electron chi connectivity index (χ1n) is 11.1. The number of hydrogen-bond acceptors (Lipinski definition) is 7. The molecule has 0 saturated heterocycles. The highest BCUT2D eigenvalue weighted by Crippen LogP contribution is 2.43. The number of methoxy groups -OCH3 is 1. The summed E-state index contributed by atoms with van der Waals surface area (Å²) in [6, 6.07) is 12.8. The lowest BCUT2D eigenvalue weighted by Crippen LogP contribution is -2.42. The number of ether oxygens (including phenoxy) is 1. The van der Waals surface area contributed by atoms with Crippen LogP contribution in [0.25, 0.3) is 6.08 Å². The van der Waals surface area contributed by atoms with Crippen molar-refractivity contribution in [3.05, 3.63) is 101 Å². The summed E-state index contributed by atoms with van der Waals surface area (Å²) in [6.45, 7) is 4.10. The number of nitro benzene ring substituents is 1. The first-order chi connectivity index (χ1) is 16.7. The molecule has 0 amide bonds. The van der Waals surface area contributed by atoms with E-state index < -0.39 is 11.0 Å². The lowest BCUT2D eigenvalue weighted by atomic mass is 9.73. The second kappa shape index (κ2) is 8.42. The highest BCUT2D eigenvalue weighted by molar-refractivity contribution is 7.07. The summed E-state index contributed by atoms with van der Waals surface area (Å²) in [5, 5.41) is 11.0. The van der Waals surface area contributed by atoms with E-state index in [0.717, 1.165) is 11.3 Å². The molecule has 0 N–H and O–H groups in total. The second-order valence-corrected chi connectivity index (χ2v) is 10.5. The molecule has 0 spiro atoms. The topological polar surface area (TPSA) is 104 Å². The lowest BCUT2D eigenvalue weighted by Gasteiger charge is -2.35. The lowest BCUT2D eigenvalue weighted by molar-refractivity contribution is -0.384. The van der Waals surface area contributed by atoms with Crippen molar-refractivity contribution in [2.45, 2.75) is 32.7 Å². The van der Waals surface area contributed by atoms with Crippen LogP contribution in [0.4, 0.5) is 5.69 Å². The molecule has 1 aliphatic carbocycles.